The zero-order chi connectivity index (χ0) is 19.3. The predicted octanol–water partition coefficient (Wildman–Crippen LogP) is 3.02. The van der Waals surface area contributed by atoms with Crippen LogP contribution in [0.15, 0.2) is 24.3 Å². The van der Waals surface area contributed by atoms with Gasteiger partial charge < -0.3 is 5.32 Å². The Balaban J connectivity index is 2.05. The summed E-state index contributed by atoms with van der Waals surface area (Å²) in [6.07, 6.45) is 0.295. The number of nitrogens with zero attached hydrogens (tertiary/aromatic N) is 3. The minimum Gasteiger partial charge on any atom is -0.354 e. The van der Waals surface area contributed by atoms with Crippen LogP contribution in [0.25, 0.3) is 5.69 Å². The Hall–Kier alpha value is -2.21. The summed E-state index contributed by atoms with van der Waals surface area (Å²) in [5.41, 5.74) is 3.43. The number of rotatable bonds is 8. The van der Waals surface area contributed by atoms with Crippen molar-refractivity contribution in [2.24, 2.45) is 0 Å². The summed E-state index contributed by atoms with van der Waals surface area (Å²) in [6, 6.07) is 6.49. The normalized spacial score (nSPS) is 12.4. The number of halogens is 1. The zero-order valence-corrected chi connectivity index (χ0v) is 16.3. The van der Waals surface area contributed by atoms with Gasteiger partial charge in [-0.1, -0.05) is 13.8 Å². The molecule has 0 radical (unpaired) electrons. The van der Waals surface area contributed by atoms with Crippen LogP contribution in [0.1, 0.15) is 37.7 Å². The van der Waals surface area contributed by atoms with E-state index in [-0.39, 0.29) is 11.7 Å². The number of carbonyl (C=O) groups is 1. The molecule has 2 rings (SSSR count). The highest BCUT2D eigenvalue weighted by molar-refractivity contribution is 5.79. The molecule has 0 spiro atoms. The van der Waals surface area contributed by atoms with Crippen molar-refractivity contribution in [2.45, 2.75) is 47.1 Å². The quantitative estimate of drug-likeness (QED) is 0.787. The van der Waals surface area contributed by atoms with Crippen LogP contribution in [-0.4, -0.2) is 46.3 Å². The van der Waals surface area contributed by atoms with Gasteiger partial charge in [0.15, 0.2) is 0 Å². The SMILES string of the molecule is CCN(CC)C(C)CNC(=O)Cc1c(C)nn(-c2ccc(F)cc2)c1C. The second-order valence-corrected chi connectivity index (χ2v) is 6.59. The van der Waals surface area contributed by atoms with Gasteiger partial charge in [0, 0.05) is 23.8 Å². The third kappa shape index (κ3) is 4.69. The van der Waals surface area contributed by atoms with Gasteiger partial charge in [0.2, 0.25) is 5.91 Å². The van der Waals surface area contributed by atoms with E-state index in [0.29, 0.717) is 19.0 Å². The maximum atomic E-state index is 13.1. The molecule has 1 aromatic heterocycles. The van der Waals surface area contributed by atoms with E-state index in [1.807, 2.05) is 13.8 Å². The van der Waals surface area contributed by atoms with Gasteiger partial charge in [-0.25, -0.2) is 9.07 Å². The third-order valence-corrected chi connectivity index (χ3v) is 4.88. The molecule has 0 aliphatic carbocycles. The Morgan fingerprint density at radius 3 is 2.42 bits per heavy atom. The third-order valence-electron chi connectivity index (χ3n) is 4.88. The van der Waals surface area contributed by atoms with E-state index in [1.165, 1.54) is 12.1 Å². The van der Waals surface area contributed by atoms with E-state index in [0.717, 1.165) is 35.7 Å². The fourth-order valence-corrected chi connectivity index (χ4v) is 3.23. The minimum absolute atomic E-state index is 0.00568. The molecule has 142 valence electrons. The highest BCUT2D eigenvalue weighted by Gasteiger charge is 2.17. The Morgan fingerprint density at radius 1 is 1.23 bits per heavy atom. The molecule has 2 aromatic rings. The molecule has 0 saturated carbocycles. The van der Waals surface area contributed by atoms with Gasteiger partial charge in [-0.3, -0.25) is 9.69 Å². The average Bonchev–Trinajstić information content (AvgIpc) is 2.90. The molecule has 1 amide bonds. The van der Waals surface area contributed by atoms with E-state index < -0.39 is 0 Å². The molecule has 1 atom stereocenters. The van der Waals surface area contributed by atoms with E-state index >= 15 is 0 Å². The number of hydrogen-bond acceptors (Lipinski definition) is 3. The molecule has 0 saturated heterocycles. The molecule has 6 heteroatoms. The number of amides is 1. The molecular weight excluding hydrogens is 331 g/mol. The Bertz CT molecular complexity index is 735. The number of aryl methyl sites for hydroxylation is 1. The molecule has 26 heavy (non-hydrogen) atoms. The number of aromatic nitrogens is 2. The van der Waals surface area contributed by atoms with Crippen molar-refractivity contribution in [3.63, 3.8) is 0 Å². The van der Waals surface area contributed by atoms with E-state index in [1.54, 1.807) is 16.8 Å². The smallest absolute Gasteiger partial charge is 0.224 e. The summed E-state index contributed by atoms with van der Waals surface area (Å²) < 4.78 is 14.9. The van der Waals surface area contributed by atoms with Gasteiger partial charge in [0.25, 0.3) is 0 Å². The van der Waals surface area contributed by atoms with Crippen molar-refractivity contribution in [1.29, 1.82) is 0 Å². The van der Waals surface area contributed by atoms with Gasteiger partial charge in [-0.05, 0) is 58.1 Å². The second kappa shape index (κ2) is 8.94. The Morgan fingerprint density at radius 2 is 1.85 bits per heavy atom. The topological polar surface area (TPSA) is 50.2 Å². The lowest BCUT2D eigenvalue weighted by atomic mass is 10.1. The number of likely N-dealkylation sites (N-methyl/N-ethyl adjacent to an activating group) is 1. The first-order valence-corrected chi connectivity index (χ1v) is 9.19. The van der Waals surface area contributed by atoms with Crippen LogP contribution in [0.5, 0.6) is 0 Å². The molecule has 1 N–H and O–H groups in total. The highest BCUT2D eigenvalue weighted by atomic mass is 19.1. The lowest BCUT2D eigenvalue weighted by Gasteiger charge is -2.26. The summed E-state index contributed by atoms with van der Waals surface area (Å²) >= 11 is 0. The fraction of sp³-hybridized carbons (Fsp3) is 0.500. The summed E-state index contributed by atoms with van der Waals surface area (Å²) in [5.74, 6) is -0.286. The lowest BCUT2D eigenvalue weighted by Crippen LogP contribution is -2.42. The van der Waals surface area contributed by atoms with Gasteiger partial charge in [0.1, 0.15) is 5.82 Å². The Labute approximate surface area is 155 Å². The summed E-state index contributed by atoms with van der Waals surface area (Å²) in [6.45, 7) is 12.8. The standard InChI is InChI=1S/C20H29FN4O/c1-6-24(7-2)14(3)13-22-20(26)12-19-15(4)23-25(16(19)5)18-10-8-17(21)9-11-18/h8-11,14H,6-7,12-13H2,1-5H3,(H,22,26). The molecule has 0 aliphatic heterocycles. The number of benzene rings is 1. The largest absolute Gasteiger partial charge is 0.354 e. The first-order chi connectivity index (χ1) is 12.4. The maximum absolute atomic E-state index is 13.1. The highest BCUT2D eigenvalue weighted by Crippen LogP contribution is 2.18. The van der Waals surface area contributed by atoms with Crippen molar-refractivity contribution >= 4 is 5.91 Å². The van der Waals surface area contributed by atoms with Crippen LogP contribution in [0, 0.1) is 19.7 Å². The van der Waals surface area contributed by atoms with Crippen LogP contribution in [0.2, 0.25) is 0 Å². The number of nitrogens with one attached hydrogen (secondary N) is 1. The summed E-state index contributed by atoms with van der Waals surface area (Å²) in [4.78, 5) is 14.7. The molecule has 1 heterocycles. The van der Waals surface area contributed by atoms with E-state index in [9.17, 15) is 9.18 Å². The van der Waals surface area contributed by atoms with Crippen molar-refractivity contribution < 1.29 is 9.18 Å². The molecule has 1 unspecified atom stereocenters. The van der Waals surface area contributed by atoms with Crippen LogP contribution >= 0.6 is 0 Å². The Kier molecular flexibility index (Phi) is 6.91. The van der Waals surface area contributed by atoms with Crippen LogP contribution in [0.4, 0.5) is 4.39 Å². The molecule has 1 aromatic carbocycles. The fourth-order valence-electron chi connectivity index (χ4n) is 3.23. The van der Waals surface area contributed by atoms with E-state index in [2.05, 4.69) is 36.1 Å². The first kappa shape index (κ1) is 20.1. The molecule has 0 fully saturated rings. The van der Waals surface area contributed by atoms with Crippen LogP contribution < -0.4 is 5.32 Å². The molecular formula is C20H29FN4O. The predicted molar refractivity (Wildman–Crippen MR) is 102 cm³/mol. The summed E-state index contributed by atoms with van der Waals surface area (Å²) in [5, 5.41) is 7.54. The van der Waals surface area contributed by atoms with E-state index in [4.69, 9.17) is 0 Å². The monoisotopic (exact) mass is 360 g/mol. The van der Waals surface area contributed by atoms with Crippen LogP contribution in [0.3, 0.4) is 0 Å². The molecule has 0 aliphatic rings. The molecule has 0 bridgehead atoms. The summed E-state index contributed by atoms with van der Waals surface area (Å²) in [7, 11) is 0. The van der Waals surface area contributed by atoms with Crippen LogP contribution in [-0.2, 0) is 11.2 Å². The minimum atomic E-state index is -0.280. The zero-order valence-electron chi connectivity index (χ0n) is 16.3. The van der Waals surface area contributed by atoms with Crippen molar-refractivity contribution in [3.8, 4) is 5.69 Å². The maximum Gasteiger partial charge on any atom is 0.224 e. The first-order valence-electron chi connectivity index (χ1n) is 9.19. The van der Waals surface area contributed by atoms with Gasteiger partial charge in [0.05, 0.1) is 17.8 Å². The van der Waals surface area contributed by atoms with Crippen molar-refractivity contribution in [2.75, 3.05) is 19.6 Å². The van der Waals surface area contributed by atoms with Gasteiger partial charge in [-0.15, -0.1) is 0 Å². The number of hydrogen-bond donors (Lipinski definition) is 1. The molecule has 5 nitrogen and oxygen atoms in total. The second-order valence-electron chi connectivity index (χ2n) is 6.59. The van der Waals surface area contributed by atoms with Gasteiger partial charge >= 0.3 is 0 Å². The lowest BCUT2D eigenvalue weighted by molar-refractivity contribution is -0.120. The van der Waals surface area contributed by atoms with Crippen molar-refractivity contribution in [3.05, 3.63) is 47.0 Å². The number of carbonyl (C=O) groups excluding carboxylic acids is 1. The van der Waals surface area contributed by atoms with Crippen molar-refractivity contribution in [1.82, 2.24) is 20.0 Å². The average molecular weight is 360 g/mol. The van der Waals surface area contributed by atoms with Gasteiger partial charge in [-0.2, -0.15) is 5.10 Å².